The van der Waals surface area contributed by atoms with Crippen molar-refractivity contribution >= 4 is 27.4 Å². The molecule has 1 aliphatic heterocycles. The molecule has 0 bridgehead atoms. The van der Waals surface area contributed by atoms with Crippen LogP contribution >= 0.6 is 11.3 Å². The van der Waals surface area contributed by atoms with Crippen LogP contribution in [0, 0.1) is 0 Å². The molecule has 0 spiro atoms. The second-order valence-electron chi connectivity index (χ2n) is 6.93. The lowest BCUT2D eigenvalue weighted by Crippen LogP contribution is -2.39. The number of ether oxygens (including phenoxy) is 2. The minimum Gasteiger partial charge on any atom is -0.497 e. The Bertz CT molecular complexity index is 999. The van der Waals surface area contributed by atoms with Gasteiger partial charge in [-0.15, -0.1) is 11.3 Å². The zero-order chi connectivity index (χ0) is 19.7. The van der Waals surface area contributed by atoms with Crippen molar-refractivity contribution in [3.63, 3.8) is 0 Å². The van der Waals surface area contributed by atoms with Gasteiger partial charge in [-0.3, -0.25) is 9.69 Å². The number of hydrogen-bond donors (Lipinski definition) is 1. The number of hydrogen-bond acceptors (Lipinski definition) is 5. The summed E-state index contributed by atoms with van der Waals surface area (Å²) in [6.45, 7) is 0.728. The molecule has 0 aliphatic carbocycles. The SMILES string of the molecule is COc1ccc(OC)c(C(c2csc3ccccc23)N2CCCC2C(=O)O)c1. The molecule has 2 heterocycles. The molecule has 0 amide bonds. The summed E-state index contributed by atoms with van der Waals surface area (Å²) >= 11 is 1.68. The second kappa shape index (κ2) is 7.81. The van der Waals surface area contributed by atoms with E-state index in [-0.39, 0.29) is 6.04 Å². The van der Waals surface area contributed by atoms with Gasteiger partial charge in [0.25, 0.3) is 0 Å². The number of carboxylic acid groups (broad SMARTS) is 1. The normalized spacial score (nSPS) is 18.3. The third-order valence-electron chi connectivity index (χ3n) is 5.45. The maximum Gasteiger partial charge on any atom is 0.320 e. The van der Waals surface area contributed by atoms with Crippen molar-refractivity contribution in [2.45, 2.75) is 24.9 Å². The third kappa shape index (κ3) is 3.23. The summed E-state index contributed by atoms with van der Waals surface area (Å²) in [4.78, 5) is 14.1. The summed E-state index contributed by atoms with van der Waals surface area (Å²) in [6, 6.07) is 13.2. The quantitative estimate of drug-likeness (QED) is 0.661. The van der Waals surface area contributed by atoms with Gasteiger partial charge in [-0.05, 0) is 53.4 Å². The molecule has 1 fully saturated rings. The molecule has 1 aromatic heterocycles. The first-order valence-electron chi connectivity index (χ1n) is 9.30. The smallest absolute Gasteiger partial charge is 0.320 e. The number of benzene rings is 2. The Morgan fingerprint density at radius 1 is 1.18 bits per heavy atom. The zero-order valence-electron chi connectivity index (χ0n) is 15.9. The molecule has 2 atom stereocenters. The molecule has 2 unspecified atom stereocenters. The van der Waals surface area contributed by atoms with Crippen LogP contribution in [0.15, 0.2) is 47.8 Å². The van der Waals surface area contributed by atoms with Crippen molar-refractivity contribution in [2.75, 3.05) is 20.8 Å². The van der Waals surface area contributed by atoms with Gasteiger partial charge in [0.15, 0.2) is 0 Å². The lowest BCUT2D eigenvalue weighted by atomic mass is 9.94. The first-order valence-corrected chi connectivity index (χ1v) is 10.2. The van der Waals surface area contributed by atoms with Crippen LogP contribution in [-0.4, -0.2) is 42.8 Å². The topological polar surface area (TPSA) is 59.0 Å². The second-order valence-corrected chi connectivity index (χ2v) is 7.84. The van der Waals surface area contributed by atoms with E-state index in [0.717, 1.165) is 41.0 Å². The van der Waals surface area contributed by atoms with Crippen molar-refractivity contribution in [1.29, 1.82) is 0 Å². The highest BCUT2D eigenvalue weighted by atomic mass is 32.1. The maximum absolute atomic E-state index is 12.0. The molecule has 28 heavy (non-hydrogen) atoms. The van der Waals surface area contributed by atoms with Crippen LogP contribution in [0.2, 0.25) is 0 Å². The number of nitrogens with zero attached hydrogens (tertiary/aromatic N) is 1. The summed E-state index contributed by atoms with van der Waals surface area (Å²) < 4.78 is 12.3. The maximum atomic E-state index is 12.0. The predicted molar refractivity (Wildman–Crippen MR) is 111 cm³/mol. The molecule has 5 nitrogen and oxygen atoms in total. The van der Waals surface area contributed by atoms with E-state index in [4.69, 9.17) is 9.47 Å². The van der Waals surface area contributed by atoms with Crippen LogP contribution in [0.1, 0.15) is 30.0 Å². The van der Waals surface area contributed by atoms with Crippen LogP contribution in [0.4, 0.5) is 0 Å². The van der Waals surface area contributed by atoms with Gasteiger partial charge in [0.1, 0.15) is 17.5 Å². The van der Waals surface area contributed by atoms with E-state index in [0.29, 0.717) is 6.42 Å². The van der Waals surface area contributed by atoms with Crippen LogP contribution in [-0.2, 0) is 4.79 Å². The Kier molecular flexibility index (Phi) is 5.24. The lowest BCUT2D eigenvalue weighted by Gasteiger charge is -2.32. The van der Waals surface area contributed by atoms with Gasteiger partial charge in [0.2, 0.25) is 0 Å². The van der Waals surface area contributed by atoms with Crippen molar-refractivity contribution < 1.29 is 19.4 Å². The van der Waals surface area contributed by atoms with E-state index >= 15 is 0 Å². The van der Waals surface area contributed by atoms with Gasteiger partial charge in [-0.25, -0.2) is 0 Å². The fourth-order valence-electron chi connectivity index (χ4n) is 4.15. The number of rotatable bonds is 6. The van der Waals surface area contributed by atoms with Crippen molar-refractivity contribution in [3.05, 3.63) is 59.0 Å². The summed E-state index contributed by atoms with van der Waals surface area (Å²) in [5, 5.41) is 13.1. The van der Waals surface area contributed by atoms with E-state index in [1.807, 2.05) is 30.3 Å². The number of thiophene rings is 1. The molecule has 4 rings (SSSR count). The minimum atomic E-state index is -0.774. The molecule has 1 N–H and O–H groups in total. The Morgan fingerprint density at radius 2 is 2.00 bits per heavy atom. The minimum absolute atomic E-state index is 0.218. The highest BCUT2D eigenvalue weighted by molar-refractivity contribution is 7.17. The Hall–Kier alpha value is -2.57. The number of carboxylic acids is 1. The van der Waals surface area contributed by atoms with E-state index in [2.05, 4.69) is 22.4 Å². The van der Waals surface area contributed by atoms with Crippen LogP contribution in [0.25, 0.3) is 10.1 Å². The van der Waals surface area contributed by atoms with Crippen molar-refractivity contribution in [2.24, 2.45) is 0 Å². The lowest BCUT2D eigenvalue weighted by molar-refractivity contribution is -0.142. The van der Waals surface area contributed by atoms with Gasteiger partial charge in [0, 0.05) is 16.8 Å². The molecule has 1 aliphatic rings. The number of likely N-dealkylation sites (tertiary alicyclic amines) is 1. The van der Waals surface area contributed by atoms with E-state index in [9.17, 15) is 9.90 Å². The van der Waals surface area contributed by atoms with Gasteiger partial charge in [-0.2, -0.15) is 0 Å². The van der Waals surface area contributed by atoms with Crippen molar-refractivity contribution in [1.82, 2.24) is 4.90 Å². The van der Waals surface area contributed by atoms with E-state index < -0.39 is 12.0 Å². The molecule has 6 heteroatoms. The summed E-state index contributed by atoms with van der Waals surface area (Å²) in [5.74, 6) is 0.687. The van der Waals surface area contributed by atoms with Crippen molar-refractivity contribution in [3.8, 4) is 11.5 Å². The van der Waals surface area contributed by atoms with Gasteiger partial charge in [-0.1, -0.05) is 18.2 Å². The molecule has 0 saturated carbocycles. The summed E-state index contributed by atoms with van der Waals surface area (Å²) in [6.07, 6.45) is 1.52. The Labute approximate surface area is 168 Å². The molecule has 3 aromatic rings. The fraction of sp³-hybridized carbons (Fsp3) is 0.318. The predicted octanol–water partition coefficient (Wildman–Crippen LogP) is 4.56. The summed E-state index contributed by atoms with van der Waals surface area (Å²) in [5.41, 5.74) is 2.04. The zero-order valence-corrected chi connectivity index (χ0v) is 16.7. The van der Waals surface area contributed by atoms with Crippen LogP contribution in [0.5, 0.6) is 11.5 Å². The van der Waals surface area contributed by atoms with Gasteiger partial charge >= 0.3 is 5.97 Å². The molecular weight excluding hydrogens is 374 g/mol. The number of carbonyl (C=O) groups is 1. The third-order valence-corrected chi connectivity index (χ3v) is 6.43. The number of fused-ring (bicyclic) bond motifs is 1. The largest absolute Gasteiger partial charge is 0.497 e. The van der Waals surface area contributed by atoms with Gasteiger partial charge < -0.3 is 14.6 Å². The Balaban J connectivity index is 1.93. The number of methoxy groups -OCH3 is 2. The van der Waals surface area contributed by atoms with Gasteiger partial charge in [0.05, 0.1) is 20.3 Å². The molecule has 1 saturated heterocycles. The van der Waals surface area contributed by atoms with Crippen LogP contribution in [0.3, 0.4) is 0 Å². The molecular formula is C22H23NO4S. The van der Waals surface area contributed by atoms with E-state index in [1.165, 1.54) is 4.70 Å². The molecule has 2 aromatic carbocycles. The van der Waals surface area contributed by atoms with E-state index in [1.54, 1.807) is 25.6 Å². The highest BCUT2D eigenvalue weighted by Crippen LogP contribution is 2.44. The molecule has 0 radical (unpaired) electrons. The number of aliphatic carboxylic acids is 1. The molecule has 146 valence electrons. The first kappa shape index (κ1) is 18.8. The monoisotopic (exact) mass is 397 g/mol. The fourth-order valence-corrected chi connectivity index (χ4v) is 5.13. The van der Waals surface area contributed by atoms with Crippen LogP contribution < -0.4 is 9.47 Å². The first-order chi connectivity index (χ1) is 13.6. The Morgan fingerprint density at radius 3 is 2.75 bits per heavy atom. The average Bonchev–Trinajstić information content (AvgIpc) is 3.36. The average molecular weight is 397 g/mol. The highest BCUT2D eigenvalue weighted by Gasteiger charge is 2.39. The standard InChI is InChI=1S/C22H23NO4S/c1-26-14-9-10-19(27-2)16(12-14)21(23-11-5-7-18(23)22(24)25)17-13-28-20-8-4-3-6-15(17)20/h3-4,6,8-10,12-13,18,21H,5,7,11H2,1-2H3,(H,24,25). The summed E-state index contributed by atoms with van der Waals surface area (Å²) in [7, 11) is 3.28.